The molecule has 4 N–H and O–H groups in total. The Morgan fingerprint density at radius 1 is 1.35 bits per heavy atom. The fourth-order valence-electron chi connectivity index (χ4n) is 2.00. The molecule has 1 heterocycles. The molecule has 1 aliphatic heterocycles. The maximum absolute atomic E-state index is 11.9. The molecule has 0 aliphatic carbocycles. The molecule has 1 aromatic carbocycles. The van der Waals surface area contributed by atoms with Crippen LogP contribution in [-0.2, 0) is 14.6 Å². The van der Waals surface area contributed by atoms with E-state index >= 15 is 0 Å². The first-order valence-corrected chi connectivity index (χ1v) is 8.00. The fraction of sp³-hybridized carbons (Fsp3) is 0.231. The van der Waals surface area contributed by atoms with Gasteiger partial charge in [-0.2, -0.15) is 0 Å². The first kappa shape index (κ1) is 21.2. The Labute approximate surface area is 146 Å². The lowest BCUT2D eigenvalue weighted by atomic mass is 10.1. The Morgan fingerprint density at radius 3 is 2.57 bits per heavy atom. The second-order valence-corrected chi connectivity index (χ2v) is 6.57. The molecule has 0 unspecified atom stereocenters. The third kappa shape index (κ3) is 5.12. The zero-order chi connectivity index (χ0) is 15.6. The summed E-state index contributed by atoms with van der Waals surface area (Å²) in [6, 6.07) is 4.71. The summed E-state index contributed by atoms with van der Waals surface area (Å²) in [5, 5.41) is 9.26. The number of guanidine groups is 1. The third-order valence-electron chi connectivity index (χ3n) is 2.90. The highest BCUT2D eigenvalue weighted by atomic mass is 35.5. The van der Waals surface area contributed by atoms with Crippen LogP contribution in [0.1, 0.15) is 12.0 Å². The summed E-state index contributed by atoms with van der Waals surface area (Å²) in [5.41, 5.74) is 6.00. The van der Waals surface area contributed by atoms with Crippen LogP contribution in [-0.4, -0.2) is 33.1 Å². The molecule has 1 aromatic rings. The number of nitrogens with one attached hydrogen (secondary N) is 2. The molecule has 0 saturated carbocycles. The molecule has 0 radical (unpaired) electrons. The molecular formula is C13H17Cl2N3O4S. The molecule has 0 bridgehead atoms. The van der Waals surface area contributed by atoms with E-state index in [9.17, 15) is 13.2 Å². The van der Waals surface area contributed by atoms with E-state index in [1.807, 2.05) is 0 Å². The van der Waals surface area contributed by atoms with Gasteiger partial charge in [-0.3, -0.25) is 15.5 Å². The Kier molecular flexibility index (Phi) is 7.56. The lowest BCUT2D eigenvalue weighted by molar-refractivity contribution is -0.116. The van der Waals surface area contributed by atoms with Crippen LogP contribution in [0.25, 0.3) is 6.08 Å². The van der Waals surface area contributed by atoms with Gasteiger partial charge in [0.25, 0.3) is 5.91 Å². The third-order valence-corrected chi connectivity index (χ3v) is 4.02. The SMILES string of the molecule is CS(=O)(=O)c1cccc2c1OCCC(C(=O)NC(=N)N)=C2.Cl.Cl. The monoisotopic (exact) mass is 381 g/mol. The average molecular weight is 382 g/mol. The van der Waals surface area contributed by atoms with Crippen LogP contribution in [0.4, 0.5) is 0 Å². The quantitative estimate of drug-likeness (QED) is 0.522. The van der Waals surface area contributed by atoms with Crippen molar-refractivity contribution in [1.29, 1.82) is 5.41 Å². The number of para-hydroxylation sites is 1. The molecule has 2 rings (SSSR count). The number of ether oxygens (including phenoxy) is 1. The number of hydrogen-bond donors (Lipinski definition) is 3. The standard InChI is InChI=1S/C13H15N3O4S.2ClH/c1-21(18,19)10-4-2-3-8-7-9(5-6-20-11(8)10)12(17)16-13(14)15;;/h2-4,7H,5-6H2,1H3,(H4,14,15,16,17);2*1H. The smallest absolute Gasteiger partial charge is 0.254 e. The van der Waals surface area contributed by atoms with Crippen molar-refractivity contribution < 1.29 is 17.9 Å². The number of fused-ring (bicyclic) bond motifs is 1. The van der Waals surface area contributed by atoms with Gasteiger partial charge in [-0.1, -0.05) is 12.1 Å². The van der Waals surface area contributed by atoms with E-state index in [1.165, 1.54) is 6.07 Å². The predicted molar refractivity (Wildman–Crippen MR) is 92.2 cm³/mol. The minimum absolute atomic E-state index is 0. The van der Waals surface area contributed by atoms with Crippen molar-refractivity contribution in [3.63, 3.8) is 0 Å². The zero-order valence-electron chi connectivity index (χ0n) is 12.2. The molecule has 0 aromatic heterocycles. The Bertz CT molecular complexity index is 748. The highest BCUT2D eigenvalue weighted by Gasteiger charge is 2.21. The molecule has 0 fully saturated rings. The number of halogens is 2. The van der Waals surface area contributed by atoms with Crippen molar-refractivity contribution in [2.24, 2.45) is 5.73 Å². The van der Waals surface area contributed by atoms with Crippen molar-refractivity contribution in [2.75, 3.05) is 12.9 Å². The molecule has 128 valence electrons. The van der Waals surface area contributed by atoms with Crippen LogP contribution in [0.2, 0.25) is 0 Å². The minimum Gasteiger partial charge on any atom is -0.491 e. The number of nitrogens with two attached hydrogens (primary N) is 1. The summed E-state index contributed by atoms with van der Waals surface area (Å²) in [4.78, 5) is 12.0. The Morgan fingerprint density at radius 2 is 2.00 bits per heavy atom. The number of rotatable bonds is 2. The normalized spacial score (nSPS) is 13.0. The first-order chi connectivity index (χ1) is 9.79. The minimum atomic E-state index is -3.43. The summed E-state index contributed by atoms with van der Waals surface area (Å²) in [5.74, 6) is -0.703. The van der Waals surface area contributed by atoms with Gasteiger partial charge < -0.3 is 10.5 Å². The van der Waals surface area contributed by atoms with Gasteiger partial charge in [-0.05, 0) is 12.1 Å². The number of amides is 1. The number of sulfone groups is 1. The van der Waals surface area contributed by atoms with Crippen molar-refractivity contribution in [1.82, 2.24) is 5.32 Å². The summed E-state index contributed by atoms with van der Waals surface area (Å²) < 4.78 is 29.0. The molecule has 0 atom stereocenters. The van der Waals surface area contributed by atoms with Crippen LogP contribution in [0.3, 0.4) is 0 Å². The molecule has 1 amide bonds. The van der Waals surface area contributed by atoms with Crippen LogP contribution < -0.4 is 15.8 Å². The molecule has 10 heteroatoms. The van der Waals surface area contributed by atoms with Crippen molar-refractivity contribution >= 4 is 52.6 Å². The van der Waals surface area contributed by atoms with Crippen LogP contribution in [0, 0.1) is 5.41 Å². The van der Waals surface area contributed by atoms with Gasteiger partial charge in [0.2, 0.25) is 0 Å². The molecule has 7 nitrogen and oxygen atoms in total. The molecule has 23 heavy (non-hydrogen) atoms. The topological polar surface area (TPSA) is 122 Å². The summed E-state index contributed by atoms with van der Waals surface area (Å²) in [7, 11) is -3.43. The lowest BCUT2D eigenvalue weighted by Crippen LogP contribution is -2.36. The van der Waals surface area contributed by atoms with E-state index in [2.05, 4.69) is 5.32 Å². The maximum atomic E-state index is 11.9. The van der Waals surface area contributed by atoms with Gasteiger partial charge in [-0.25, -0.2) is 8.42 Å². The van der Waals surface area contributed by atoms with Crippen molar-refractivity contribution in [3.05, 3.63) is 29.3 Å². The van der Waals surface area contributed by atoms with E-state index in [-0.39, 0.29) is 48.5 Å². The van der Waals surface area contributed by atoms with E-state index in [0.29, 0.717) is 11.1 Å². The first-order valence-electron chi connectivity index (χ1n) is 6.11. The predicted octanol–water partition coefficient (Wildman–Crippen LogP) is 1.11. The molecule has 1 aliphatic rings. The van der Waals surface area contributed by atoms with Gasteiger partial charge in [0, 0.05) is 23.8 Å². The highest BCUT2D eigenvalue weighted by molar-refractivity contribution is 7.90. The zero-order valence-corrected chi connectivity index (χ0v) is 14.6. The second-order valence-electron chi connectivity index (χ2n) is 4.58. The van der Waals surface area contributed by atoms with Crippen molar-refractivity contribution in [2.45, 2.75) is 11.3 Å². The lowest BCUT2D eigenvalue weighted by Gasteiger charge is -2.10. The van der Waals surface area contributed by atoms with Gasteiger partial charge in [0.1, 0.15) is 10.6 Å². The van der Waals surface area contributed by atoms with Gasteiger partial charge in [-0.15, -0.1) is 24.8 Å². The van der Waals surface area contributed by atoms with E-state index in [0.717, 1.165) is 6.26 Å². The average Bonchev–Trinajstić information content (AvgIpc) is 2.58. The number of hydrogen-bond acceptors (Lipinski definition) is 5. The fourth-order valence-corrected chi connectivity index (χ4v) is 2.84. The molecular weight excluding hydrogens is 365 g/mol. The Balaban J connectivity index is 0.00000242. The largest absolute Gasteiger partial charge is 0.491 e. The van der Waals surface area contributed by atoms with E-state index in [4.69, 9.17) is 15.9 Å². The summed E-state index contributed by atoms with van der Waals surface area (Å²) in [6.45, 7) is 0.163. The molecule has 0 saturated heterocycles. The van der Waals surface area contributed by atoms with Crippen LogP contribution in [0.15, 0.2) is 28.7 Å². The maximum Gasteiger partial charge on any atom is 0.254 e. The van der Waals surface area contributed by atoms with Crippen molar-refractivity contribution in [3.8, 4) is 5.75 Å². The van der Waals surface area contributed by atoms with Gasteiger partial charge in [0.15, 0.2) is 15.8 Å². The van der Waals surface area contributed by atoms with Crippen LogP contribution in [0.5, 0.6) is 5.75 Å². The van der Waals surface area contributed by atoms with Gasteiger partial charge >= 0.3 is 0 Å². The summed E-state index contributed by atoms with van der Waals surface area (Å²) in [6.07, 6.45) is 2.94. The van der Waals surface area contributed by atoms with E-state index in [1.54, 1.807) is 18.2 Å². The second kappa shape index (κ2) is 8.19. The number of benzene rings is 1. The van der Waals surface area contributed by atoms with E-state index < -0.39 is 21.7 Å². The number of carbonyl (C=O) groups is 1. The van der Waals surface area contributed by atoms with Gasteiger partial charge in [0.05, 0.1) is 6.61 Å². The Hall–Kier alpha value is -1.77. The summed E-state index contributed by atoms with van der Waals surface area (Å²) >= 11 is 0. The van der Waals surface area contributed by atoms with Crippen LogP contribution >= 0.6 is 24.8 Å². The highest BCUT2D eigenvalue weighted by Crippen LogP contribution is 2.32. The number of carbonyl (C=O) groups excluding carboxylic acids is 1. The molecule has 0 spiro atoms.